The summed E-state index contributed by atoms with van der Waals surface area (Å²) in [4.78, 5) is 96.2. The number of carboxylic acids is 2. The van der Waals surface area contributed by atoms with Gasteiger partial charge in [-0.05, 0) is 50.3 Å². The molecule has 1 aliphatic rings. The number of hydrogen-bond acceptors (Lipinski definition) is 11. The van der Waals surface area contributed by atoms with E-state index < -0.39 is 85.2 Å². The Morgan fingerprint density at radius 3 is 1.98 bits per heavy atom. The number of ether oxygens (including phenoxy) is 3. The summed E-state index contributed by atoms with van der Waals surface area (Å²) in [7, 11) is 8.36. The minimum absolute atomic E-state index is 0.00990. The number of amides is 4. The number of methoxy groups -OCH3 is 2. The molecule has 18 nitrogen and oxygen atoms in total. The van der Waals surface area contributed by atoms with Crippen molar-refractivity contribution in [2.45, 2.75) is 123 Å². The van der Waals surface area contributed by atoms with Gasteiger partial charge in [0, 0.05) is 34.2 Å². The fourth-order valence-corrected chi connectivity index (χ4v) is 8.74. The lowest BCUT2D eigenvalue weighted by molar-refractivity contribution is -0.148. The van der Waals surface area contributed by atoms with Crippen LogP contribution in [-0.2, 0) is 49.4 Å². The molecule has 9 atom stereocenters. The molecule has 362 valence electrons. The molecule has 5 N–H and O–H groups in total. The fourth-order valence-electron chi connectivity index (χ4n) is 8.74. The van der Waals surface area contributed by atoms with Gasteiger partial charge in [0.25, 0.3) is 0 Å². The highest BCUT2D eigenvalue weighted by molar-refractivity contribution is 5.90. The van der Waals surface area contributed by atoms with Crippen molar-refractivity contribution in [1.29, 1.82) is 0 Å². The number of carbonyl (C=O) groups is 6. The molecular formula is C46H77N6O12+. The van der Waals surface area contributed by atoms with Gasteiger partial charge in [0.1, 0.15) is 6.04 Å². The minimum Gasteiger partial charge on any atom is -0.480 e. The van der Waals surface area contributed by atoms with Crippen molar-refractivity contribution in [3.05, 3.63) is 35.9 Å². The second-order valence-electron chi connectivity index (χ2n) is 17.9. The van der Waals surface area contributed by atoms with Crippen LogP contribution in [0.2, 0.25) is 0 Å². The number of aliphatic carboxylic acids is 2. The first-order valence-corrected chi connectivity index (χ1v) is 22.4. The Balaban J connectivity index is 2.30. The van der Waals surface area contributed by atoms with Crippen LogP contribution in [0.1, 0.15) is 79.7 Å². The number of hydrogen-bond donors (Lipinski definition) is 4. The molecular weight excluding hydrogens is 829 g/mol. The van der Waals surface area contributed by atoms with E-state index in [1.807, 2.05) is 90.9 Å². The van der Waals surface area contributed by atoms with E-state index in [4.69, 9.17) is 14.2 Å². The van der Waals surface area contributed by atoms with Gasteiger partial charge in [-0.15, -0.1) is 0 Å². The van der Waals surface area contributed by atoms with Gasteiger partial charge in [-0.3, -0.25) is 38.6 Å². The highest BCUT2D eigenvalue weighted by Crippen LogP contribution is 2.30. The van der Waals surface area contributed by atoms with Crippen molar-refractivity contribution in [2.75, 3.05) is 68.1 Å². The van der Waals surface area contributed by atoms with Gasteiger partial charge in [-0.25, -0.2) is 0 Å². The molecule has 0 saturated carbocycles. The number of likely N-dealkylation sites (N-methyl/N-ethyl adjacent to an activating group) is 2. The molecule has 1 saturated heterocycles. The Bertz CT molecular complexity index is 1650. The molecule has 1 fully saturated rings. The minimum atomic E-state index is -1.22. The third-order valence-electron chi connectivity index (χ3n) is 12.2. The van der Waals surface area contributed by atoms with Crippen LogP contribution in [0.3, 0.4) is 0 Å². The molecule has 0 aromatic heterocycles. The largest absolute Gasteiger partial charge is 0.506 e. The van der Waals surface area contributed by atoms with Gasteiger partial charge in [0.2, 0.25) is 23.6 Å². The predicted molar refractivity (Wildman–Crippen MR) is 242 cm³/mol. The van der Waals surface area contributed by atoms with Crippen molar-refractivity contribution in [2.24, 2.45) is 23.7 Å². The van der Waals surface area contributed by atoms with Gasteiger partial charge in [0.15, 0.2) is 12.6 Å². The summed E-state index contributed by atoms with van der Waals surface area (Å²) in [6.07, 6.45) is 0.532. The second-order valence-corrected chi connectivity index (χ2v) is 17.9. The normalized spacial score (nSPS) is 17.9. The van der Waals surface area contributed by atoms with Crippen LogP contribution < -0.4 is 10.6 Å². The van der Waals surface area contributed by atoms with E-state index in [-0.39, 0.29) is 61.5 Å². The quantitative estimate of drug-likeness (QED) is 0.0701. The van der Waals surface area contributed by atoms with Crippen LogP contribution in [0, 0.1) is 23.7 Å². The molecule has 18 heteroatoms. The van der Waals surface area contributed by atoms with Crippen molar-refractivity contribution in [1.82, 2.24) is 30.2 Å². The molecule has 64 heavy (non-hydrogen) atoms. The van der Waals surface area contributed by atoms with Crippen molar-refractivity contribution < 1.29 is 58.0 Å². The van der Waals surface area contributed by atoms with Gasteiger partial charge in [-0.2, -0.15) is 0 Å². The number of esters is 1. The zero-order valence-corrected chi connectivity index (χ0v) is 40.1. The van der Waals surface area contributed by atoms with E-state index >= 15 is 0 Å². The van der Waals surface area contributed by atoms with Crippen molar-refractivity contribution in [3.8, 4) is 0 Å². The number of nitrogens with zero attached hydrogens (tertiary/aromatic N) is 4. The molecule has 1 aliphatic heterocycles. The molecule has 0 bridgehead atoms. The summed E-state index contributed by atoms with van der Waals surface area (Å²) < 4.78 is 17.6. The molecule has 2 rings (SSSR count). The van der Waals surface area contributed by atoms with Crippen molar-refractivity contribution in [3.63, 3.8) is 0 Å². The summed E-state index contributed by atoms with van der Waals surface area (Å²) in [6.45, 7) is 12.3. The number of rotatable bonds is 28. The van der Waals surface area contributed by atoms with Gasteiger partial charge < -0.3 is 49.7 Å². The molecule has 1 heterocycles. The third kappa shape index (κ3) is 16.4. The Hall–Kier alpha value is -4.65. The van der Waals surface area contributed by atoms with Crippen LogP contribution in [0.15, 0.2) is 30.3 Å². The maximum absolute atomic E-state index is 14.4. The summed E-state index contributed by atoms with van der Waals surface area (Å²) in [5.74, 6) is -5.32. The SMILES string of the molecule is CC[C@H](C)[C@@H]([C@@H](CC(=O)N1CCC[C@H]1[C@H](OC)[C@@H](C)C(=O)N[C@@H](Cc1ccccc1)C(=[OH+])OCCN(CC(=O)O)CC(=O)O)OC)N(C)C(=O)[C@@H](NC(=O)[C@H](C(C)C)N(C)C)C(C)C. The van der Waals surface area contributed by atoms with Crippen LogP contribution in [0.4, 0.5) is 0 Å². The van der Waals surface area contributed by atoms with E-state index in [2.05, 4.69) is 10.6 Å². The number of carbonyl (C=O) groups excluding carboxylic acids is 5. The maximum Gasteiger partial charge on any atom is 0.506 e. The molecule has 0 radical (unpaired) electrons. The summed E-state index contributed by atoms with van der Waals surface area (Å²) in [6, 6.07) is 5.78. The Kier molecular flexibility index (Phi) is 23.4. The van der Waals surface area contributed by atoms with Gasteiger partial charge >= 0.3 is 17.9 Å². The van der Waals surface area contributed by atoms with E-state index in [0.29, 0.717) is 25.8 Å². The average molecular weight is 906 g/mol. The first-order chi connectivity index (χ1) is 30.1. The van der Waals surface area contributed by atoms with E-state index in [1.165, 1.54) is 14.2 Å². The molecule has 4 amide bonds. The second kappa shape index (κ2) is 27.0. The first-order valence-electron chi connectivity index (χ1n) is 22.4. The lowest BCUT2D eigenvalue weighted by atomic mass is 9.89. The Morgan fingerprint density at radius 1 is 0.875 bits per heavy atom. The summed E-state index contributed by atoms with van der Waals surface area (Å²) in [5.41, 5.74) is 0.772. The Labute approximate surface area is 379 Å². The molecule has 0 unspecified atom stereocenters. The average Bonchev–Trinajstić information content (AvgIpc) is 3.71. The van der Waals surface area contributed by atoms with Crippen LogP contribution in [0.5, 0.6) is 0 Å². The lowest BCUT2D eigenvalue weighted by Crippen LogP contribution is -2.59. The highest BCUT2D eigenvalue weighted by Gasteiger charge is 2.44. The topological polar surface area (TPSA) is 229 Å². The fraction of sp³-hybridized carbons (Fsp3) is 0.717. The smallest absolute Gasteiger partial charge is 0.480 e. The lowest BCUT2D eigenvalue weighted by Gasteiger charge is -2.41. The monoisotopic (exact) mass is 906 g/mol. The number of nitrogens with one attached hydrogen (secondary N) is 2. The number of carboxylic acid groups (broad SMARTS) is 2. The number of likely N-dealkylation sites (tertiary alicyclic amines) is 1. The highest BCUT2D eigenvalue weighted by atomic mass is 16.5. The van der Waals surface area contributed by atoms with Crippen LogP contribution >= 0.6 is 0 Å². The van der Waals surface area contributed by atoms with Crippen molar-refractivity contribution >= 4 is 41.5 Å². The van der Waals surface area contributed by atoms with E-state index in [9.17, 15) is 43.8 Å². The van der Waals surface area contributed by atoms with E-state index in [1.54, 1.807) is 23.8 Å². The van der Waals surface area contributed by atoms with E-state index in [0.717, 1.165) is 10.5 Å². The van der Waals surface area contributed by atoms with Crippen LogP contribution in [-0.4, -0.2) is 187 Å². The zero-order valence-electron chi connectivity index (χ0n) is 40.1. The predicted octanol–water partition coefficient (Wildman–Crippen LogP) is 2.35. The van der Waals surface area contributed by atoms with Crippen LogP contribution in [0.25, 0.3) is 0 Å². The third-order valence-corrected chi connectivity index (χ3v) is 12.2. The Morgan fingerprint density at radius 2 is 1.48 bits per heavy atom. The molecule has 1 aromatic carbocycles. The van der Waals surface area contributed by atoms with Gasteiger partial charge in [-0.1, -0.05) is 85.2 Å². The molecule has 0 aliphatic carbocycles. The molecule has 0 spiro atoms. The van der Waals surface area contributed by atoms with Gasteiger partial charge in [0.05, 0.1) is 62.3 Å². The molecule has 1 aromatic rings. The summed E-state index contributed by atoms with van der Waals surface area (Å²) >= 11 is 0. The standard InChI is InChI=1S/C46H76N6O12/c1-13-30(6)41(50(10)45(60)39(28(2)3)48-44(59)40(29(4)5)49(8)9)35(62-11)25-36(53)52-21-17-20-34(52)42(63-12)31(7)43(58)47-33(24-32-18-15-14-16-19-32)46(61)64-23-22-51(26-37(54)55)27-38(56)57/h14-16,18-19,28-31,33-35,39-42H,13,17,20-27H2,1-12H3,(H,47,58)(H,48,59)(H,54,55)(H,56,57)/p+1/t30-,31+,33-,34-,35+,39-,40-,41-,42+/m0/s1. The first kappa shape index (κ1) is 55.5. The maximum atomic E-state index is 14.4. The number of benzene rings is 1. The summed E-state index contributed by atoms with van der Waals surface area (Å²) in [5, 5.41) is 24.3. The zero-order chi connectivity index (χ0) is 48.4.